The van der Waals surface area contributed by atoms with Gasteiger partial charge in [-0.15, -0.1) is 10.2 Å². The summed E-state index contributed by atoms with van der Waals surface area (Å²) in [4.78, 5) is 9.82. The van der Waals surface area contributed by atoms with E-state index in [4.69, 9.17) is 30.7 Å². The van der Waals surface area contributed by atoms with E-state index >= 15 is 0 Å². The number of fused-ring (bicyclic) bond motifs is 4. The van der Waals surface area contributed by atoms with Crippen LogP contribution >= 0.6 is 11.6 Å². The Morgan fingerprint density at radius 2 is 1.64 bits per heavy atom. The molecule has 0 fully saturated rings. The number of benzene rings is 3. The van der Waals surface area contributed by atoms with Gasteiger partial charge in [0.05, 0.1) is 16.6 Å². The van der Waals surface area contributed by atoms with Gasteiger partial charge in [0.1, 0.15) is 17.8 Å². The number of aryl methyl sites for hydroxylation is 1. The van der Waals surface area contributed by atoms with E-state index in [0.29, 0.717) is 29.1 Å². The third-order valence-corrected chi connectivity index (χ3v) is 5.80. The molecule has 0 radical (unpaired) electrons. The summed E-state index contributed by atoms with van der Waals surface area (Å²) in [5.74, 6) is 1.55. The van der Waals surface area contributed by atoms with Crippen LogP contribution in [0.25, 0.3) is 33.1 Å². The Kier molecular flexibility index (Phi) is 4.69. The molecule has 0 amide bonds. The van der Waals surface area contributed by atoms with Crippen LogP contribution in [0.2, 0.25) is 5.02 Å². The molecule has 3 aromatic heterocycles. The number of nitrogens with zero attached hydrogens (tertiary/aromatic N) is 5. The molecule has 0 atom stereocenters. The molecule has 7 nitrogen and oxygen atoms in total. The minimum atomic E-state index is 0.172. The first-order valence-corrected chi connectivity index (χ1v) is 10.9. The highest BCUT2D eigenvalue weighted by Gasteiger charge is 2.18. The second-order valence-electron chi connectivity index (χ2n) is 7.77. The molecule has 0 aliphatic rings. The Bertz CT molecular complexity index is 1620. The summed E-state index contributed by atoms with van der Waals surface area (Å²) in [6.45, 7) is 2.63. The molecule has 162 valence electrons. The molecular formula is C25H18ClN5O2. The van der Waals surface area contributed by atoms with Gasteiger partial charge >= 0.3 is 0 Å². The number of hydrogen-bond acceptors (Lipinski definition) is 6. The van der Waals surface area contributed by atoms with E-state index in [1.807, 2.05) is 30.3 Å². The van der Waals surface area contributed by atoms with Crippen LogP contribution in [0.15, 0.2) is 71.1 Å². The third kappa shape index (κ3) is 3.56. The molecule has 0 aliphatic carbocycles. The van der Waals surface area contributed by atoms with Crippen LogP contribution in [-0.4, -0.2) is 24.7 Å². The summed E-state index contributed by atoms with van der Waals surface area (Å²) >= 11 is 5.92. The number of ether oxygens (including phenoxy) is 1. The van der Waals surface area contributed by atoms with Gasteiger partial charge in [-0.25, -0.2) is 9.97 Å². The predicted molar refractivity (Wildman–Crippen MR) is 126 cm³/mol. The van der Waals surface area contributed by atoms with Crippen LogP contribution in [0.1, 0.15) is 17.3 Å². The number of rotatable bonds is 5. The lowest BCUT2D eigenvalue weighted by molar-refractivity contribution is 0.258. The van der Waals surface area contributed by atoms with Crippen LogP contribution < -0.4 is 4.74 Å². The van der Waals surface area contributed by atoms with Crippen LogP contribution in [0, 0.1) is 6.92 Å². The molecule has 8 heteroatoms. The second-order valence-corrected chi connectivity index (χ2v) is 8.21. The number of hydrogen-bond donors (Lipinski definition) is 0. The standard InChI is InChI=1S/C25H18ClN5O2/c1-15-5-4-6-18-23-25(28-20-8-3-2-7-19(20)27-23)31(24(15)18)13-21-29-30-22(33-21)14-32-17-11-9-16(26)10-12-17/h2-12H,13-14H2,1H3. The lowest BCUT2D eigenvalue weighted by atomic mass is 10.1. The fraction of sp³-hybridized carbons (Fsp3) is 0.120. The highest BCUT2D eigenvalue weighted by atomic mass is 35.5. The molecule has 3 aromatic carbocycles. The second kappa shape index (κ2) is 7.86. The molecule has 3 heterocycles. The number of para-hydroxylation sites is 3. The first-order valence-electron chi connectivity index (χ1n) is 10.5. The van der Waals surface area contributed by atoms with Crippen molar-refractivity contribution >= 4 is 44.7 Å². The molecule has 0 saturated heterocycles. The zero-order valence-electron chi connectivity index (χ0n) is 17.7. The monoisotopic (exact) mass is 455 g/mol. The lowest BCUT2D eigenvalue weighted by Crippen LogP contribution is -2.02. The molecule has 0 unspecified atom stereocenters. The maximum Gasteiger partial charge on any atom is 0.253 e. The van der Waals surface area contributed by atoms with Gasteiger partial charge in [-0.3, -0.25) is 0 Å². The van der Waals surface area contributed by atoms with Gasteiger partial charge in [-0.1, -0.05) is 41.9 Å². The first-order chi connectivity index (χ1) is 16.2. The van der Waals surface area contributed by atoms with E-state index in [9.17, 15) is 0 Å². The summed E-state index contributed by atoms with van der Waals surface area (Å²) in [6.07, 6.45) is 0. The van der Waals surface area contributed by atoms with E-state index in [1.54, 1.807) is 24.3 Å². The minimum Gasteiger partial charge on any atom is -0.484 e. The van der Waals surface area contributed by atoms with Gasteiger partial charge in [0.15, 0.2) is 12.3 Å². The van der Waals surface area contributed by atoms with Crippen molar-refractivity contribution in [2.24, 2.45) is 0 Å². The van der Waals surface area contributed by atoms with Gasteiger partial charge in [0.25, 0.3) is 5.89 Å². The Labute approximate surface area is 193 Å². The zero-order valence-corrected chi connectivity index (χ0v) is 18.5. The maximum absolute atomic E-state index is 5.92. The smallest absolute Gasteiger partial charge is 0.253 e. The quantitative estimate of drug-likeness (QED) is 0.331. The number of aromatic nitrogens is 5. The molecule has 0 bridgehead atoms. The van der Waals surface area contributed by atoms with Gasteiger partial charge in [-0.2, -0.15) is 0 Å². The van der Waals surface area contributed by atoms with Crippen molar-refractivity contribution in [3.8, 4) is 5.75 Å². The van der Waals surface area contributed by atoms with Gasteiger partial charge in [-0.05, 0) is 48.9 Å². The largest absolute Gasteiger partial charge is 0.484 e. The molecular weight excluding hydrogens is 438 g/mol. The van der Waals surface area contributed by atoms with E-state index < -0.39 is 0 Å². The van der Waals surface area contributed by atoms with Gasteiger partial charge in [0, 0.05) is 10.4 Å². The van der Waals surface area contributed by atoms with Crippen molar-refractivity contribution in [1.82, 2.24) is 24.7 Å². The van der Waals surface area contributed by atoms with Crippen molar-refractivity contribution in [3.05, 3.63) is 89.1 Å². The van der Waals surface area contributed by atoms with Gasteiger partial charge < -0.3 is 13.7 Å². The molecule has 6 rings (SSSR count). The van der Waals surface area contributed by atoms with Crippen molar-refractivity contribution in [1.29, 1.82) is 0 Å². The Morgan fingerprint density at radius 1 is 0.879 bits per heavy atom. The number of halogens is 1. The zero-order chi connectivity index (χ0) is 22.4. The van der Waals surface area contributed by atoms with E-state index in [-0.39, 0.29) is 6.61 Å². The average molecular weight is 456 g/mol. The lowest BCUT2D eigenvalue weighted by Gasteiger charge is -2.06. The molecule has 0 aliphatic heterocycles. The SMILES string of the molecule is Cc1cccc2c3nc4ccccc4nc3n(Cc3nnc(COc4ccc(Cl)cc4)o3)c12. The molecule has 33 heavy (non-hydrogen) atoms. The van der Waals surface area contributed by atoms with Crippen LogP contribution in [0.5, 0.6) is 5.75 Å². The normalized spacial score (nSPS) is 11.6. The molecule has 0 saturated carbocycles. The van der Waals surface area contributed by atoms with E-state index in [0.717, 1.165) is 38.7 Å². The Hall–Kier alpha value is -3.97. The first kappa shape index (κ1) is 19.7. The minimum absolute atomic E-state index is 0.172. The van der Waals surface area contributed by atoms with Crippen LogP contribution in [0.4, 0.5) is 0 Å². The fourth-order valence-electron chi connectivity index (χ4n) is 4.05. The maximum atomic E-state index is 5.92. The van der Waals surface area contributed by atoms with Crippen molar-refractivity contribution in [2.75, 3.05) is 0 Å². The highest BCUT2D eigenvalue weighted by Crippen LogP contribution is 2.31. The summed E-state index contributed by atoms with van der Waals surface area (Å²) in [6, 6.07) is 21.2. The topological polar surface area (TPSA) is 78.9 Å². The van der Waals surface area contributed by atoms with E-state index in [1.165, 1.54) is 0 Å². The van der Waals surface area contributed by atoms with Gasteiger partial charge in [0.2, 0.25) is 5.89 Å². The molecule has 0 N–H and O–H groups in total. The highest BCUT2D eigenvalue weighted by molar-refractivity contribution is 6.30. The Morgan fingerprint density at radius 3 is 2.45 bits per heavy atom. The summed E-state index contributed by atoms with van der Waals surface area (Å²) in [5, 5.41) is 10.1. The fourth-order valence-corrected chi connectivity index (χ4v) is 4.18. The summed E-state index contributed by atoms with van der Waals surface area (Å²) in [5.41, 5.74) is 5.54. The average Bonchev–Trinajstić information content (AvgIpc) is 3.41. The Balaban J connectivity index is 1.37. The van der Waals surface area contributed by atoms with Crippen molar-refractivity contribution in [2.45, 2.75) is 20.1 Å². The third-order valence-electron chi connectivity index (χ3n) is 5.55. The summed E-state index contributed by atoms with van der Waals surface area (Å²) in [7, 11) is 0. The summed E-state index contributed by atoms with van der Waals surface area (Å²) < 4.78 is 13.7. The van der Waals surface area contributed by atoms with Crippen LogP contribution in [-0.2, 0) is 13.2 Å². The van der Waals surface area contributed by atoms with Crippen molar-refractivity contribution in [3.63, 3.8) is 0 Å². The molecule has 0 spiro atoms. The van der Waals surface area contributed by atoms with Crippen molar-refractivity contribution < 1.29 is 9.15 Å². The molecule has 6 aromatic rings. The van der Waals surface area contributed by atoms with E-state index in [2.05, 4.69) is 33.8 Å². The van der Waals surface area contributed by atoms with Crippen LogP contribution in [0.3, 0.4) is 0 Å². The predicted octanol–water partition coefficient (Wildman–Crippen LogP) is 5.71.